The summed E-state index contributed by atoms with van der Waals surface area (Å²) < 4.78 is 5.42. The first-order chi connectivity index (χ1) is 8.69. The Kier molecular flexibility index (Phi) is 3.99. The monoisotopic (exact) mass is 246 g/mol. The Morgan fingerprint density at radius 1 is 1.33 bits per heavy atom. The van der Waals surface area contributed by atoms with Gasteiger partial charge < -0.3 is 14.8 Å². The van der Waals surface area contributed by atoms with Crippen LogP contribution in [0.4, 0.5) is 0 Å². The summed E-state index contributed by atoms with van der Waals surface area (Å²) in [4.78, 5) is 4.16. The maximum atomic E-state index is 9.28. The van der Waals surface area contributed by atoms with E-state index in [1.165, 1.54) is 0 Å². The van der Waals surface area contributed by atoms with Crippen molar-refractivity contribution in [3.05, 3.63) is 47.7 Å². The van der Waals surface area contributed by atoms with Gasteiger partial charge in [0, 0.05) is 6.04 Å². The smallest absolute Gasteiger partial charge is 0.208 e. The number of aromatic nitrogens is 1. The zero-order chi connectivity index (χ0) is 13.0. The van der Waals surface area contributed by atoms with E-state index in [4.69, 9.17) is 4.42 Å². The molecule has 4 heteroatoms. The molecule has 2 N–H and O–H groups in total. The molecule has 0 aliphatic carbocycles. The lowest BCUT2D eigenvalue weighted by Crippen LogP contribution is -2.20. The summed E-state index contributed by atoms with van der Waals surface area (Å²) >= 11 is 0. The molecule has 4 nitrogen and oxygen atoms in total. The Morgan fingerprint density at radius 3 is 2.61 bits per heavy atom. The largest absolute Gasteiger partial charge is 0.508 e. The van der Waals surface area contributed by atoms with E-state index in [0.717, 1.165) is 17.7 Å². The summed E-state index contributed by atoms with van der Waals surface area (Å²) in [7, 11) is 0. The van der Waals surface area contributed by atoms with E-state index in [1.54, 1.807) is 18.3 Å². The van der Waals surface area contributed by atoms with E-state index < -0.39 is 0 Å². The normalized spacial score (nSPS) is 12.6. The van der Waals surface area contributed by atoms with Crippen molar-refractivity contribution in [1.29, 1.82) is 0 Å². The zero-order valence-corrected chi connectivity index (χ0v) is 10.7. The Bertz CT molecular complexity index is 491. The van der Waals surface area contributed by atoms with Gasteiger partial charge >= 0.3 is 0 Å². The third kappa shape index (κ3) is 3.11. The number of benzene rings is 1. The molecule has 18 heavy (non-hydrogen) atoms. The lowest BCUT2D eigenvalue weighted by atomic mass is 10.0. The number of phenols is 1. The Morgan fingerprint density at radius 2 is 2.06 bits per heavy atom. The number of hydrogen-bond donors (Lipinski definition) is 2. The summed E-state index contributed by atoms with van der Waals surface area (Å²) in [6, 6.07) is 7.50. The van der Waals surface area contributed by atoms with Crippen molar-refractivity contribution in [3.8, 4) is 5.75 Å². The van der Waals surface area contributed by atoms with Gasteiger partial charge in [0.15, 0.2) is 0 Å². The van der Waals surface area contributed by atoms with E-state index in [1.807, 2.05) is 19.1 Å². The lowest BCUT2D eigenvalue weighted by Gasteiger charge is -2.16. The summed E-state index contributed by atoms with van der Waals surface area (Å²) in [6.45, 7) is 4.60. The van der Waals surface area contributed by atoms with Gasteiger partial charge in [0.25, 0.3) is 0 Å². The van der Waals surface area contributed by atoms with E-state index in [0.29, 0.717) is 12.4 Å². The van der Waals surface area contributed by atoms with Gasteiger partial charge in [-0.15, -0.1) is 0 Å². The van der Waals surface area contributed by atoms with Crippen molar-refractivity contribution in [2.45, 2.75) is 32.9 Å². The maximum Gasteiger partial charge on any atom is 0.208 e. The highest BCUT2D eigenvalue weighted by Crippen LogP contribution is 2.19. The number of nitrogens with zero attached hydrogens (tertiary/aromatic N) is 1. The summed E-state index contributed by atoms with van der Waals surface area (Å²) in [5.74, 6) is 1.81. The fraction of sp³-hybridized carbons (Fsp3) is 0.357. The van der Waals surface area contributed by atoms with E-state index in [2.05, 4.69) is 17.2 Å². The Labute approximate surface area is 107 Å². The molecule has 96 valence electrons. The van der Waals surface area contributed by atoms with E-state index in [9.17, 15) is 5.11 Å². The van der Waals surface area contributed by atoms with Crippen LogP contribution in [-0.4, -0.2) is 10.1 Å². The van der Waals surface area contributed by atoms with Crippen molar-refractivity contribution >= 4 is 0 Å². The van der Waals surface area contributed by atoms with Gasteiger partial charge in [-0.2, -0.15) is 0 Å². The second-order valence-electron chi connectivity index (χ2n) is 4.30. The number of phenolic OH excluding ortho intramolecular Hbond substituents is 1. The summed E-state index contributed by atoms with van der Waals surface area (Å²) in [5.41, 5.74) is 1.15. The van der Waals surface area contributed by atoms with Crippen LogP contribution in [-0.2, 0) is 6.54 Å². The first kappa shape index (κ1) is 12.6. The number of rotatable bonds is 5. The molecule has 0 aliphatic rings. The van der Waals surface area contributed by atoms with E-state index in [-0.39, 0.29) is 11.8 Å². The molecule has 0 bridgehead atoms. The van der Waals surface area contributed by atoms with Crippen LogP contribution < -0.4 is 5.32 Å². The second kappa shape index (κ2) is 5.69. The fourth-order valence-electron chi connectivity index (χ4n) is 1.90. The highest BCUT2D eigenvalue weighted by atomic mass is 16.4. The van der Waals surface area contributed by atoms with Crippen LogP contribution in [0.3, 0.4) is 0 Å². The number of aryl methyl sites for hydroxylation is 1. The molecule has 1 aromatic carbocycles. The van der Waals surface area contributed by atoms with Crippen LogP contribution in [0.5, 0.6) is 5.75 Å². The highest BCUT2D eigenvalue weighted by Gasteiger charge is 2.10. The predicted molar refractivity (Wildman–Crippen MR) is 69.2 cm³/mol. The predicted octanol–water partition coefficient (Wildman–Crippen LogP) is 2.93. The second-order valence-corrected chi connectivity index (χ2v) is 4.30. The van der Waals surface area contributed by atoms with E-state index >= 15 is 0 Å². The van der Waals surface area contributed by atoms with Crippen LogP contribution in [0.2, 0.25) is 0 Å². The van der Waals surface area contributed by atoms with Gasteiger partial charge in [0.05, 0.1) is 12.7 Å². The number of aromatic hydroxyl groups is 1. The highest BCUT2D eigenvalue weighted by molar-refractivity contribution is 5.27. The standard InChI is InChI=1S/C14H18N2O2/c1-3-13(11-4-6-12(17)7-5-11)15-9-14-16-8-10(2)18-14/h4-8,13,15,17H,3,9H2,1-2H3. The number of hydrogen-bond acceptors (Lipinski definition) is 4. The molecule has 0 spiro atoms. The SMILES string of the molecule is CCC(NCc1ncc(C)o1)c1ccc(O)cc1. The van der Waals surface area contributed by atoms with Gasteiger partial charge in [0.2, 0.25) is 5.89 Å². The Balaban J connectivity index is 1.99. The molecule has 0 fully saturated rings. The topological polar surface area (TPSA) is 58.3 Å². The maximum absolute atomic E-state index is 9.28. The molecule has 0 aliphatic heterocycles. The molecule has 2 aromatic rings. The molecular formula is C14H18N2O2. The van der Waals surface area contributed by atoms with Gasteiger partial charge in [-0.3, -0.25) is 0 Å². The fourth-order valence-corrected chi connectivity index (χ4v) is 1.90. The average Bonchev–Trinajstić information content (AvgIpc) is 2.78. The van der Waals surface area contributed by atoms with Gasteiger partial charge in [-0.25, -0.2) is 4.98 Å². The van der Waals surface area contributed by atoms with Crippen molar-refractivity contribution in [1.82, 2.24) is 10.3 Å². The third-order valence-corrected chi connectivity index (χ3v) is 2.87. The molecule has 0 saturated heterocycles. The van der Waals surface area contributed by atoms with Crippen LogP contribution >= 0.6 is 0 Å². The minimum absolute atomic E-state index is 0.234. The molecule has 2 rings (SSSR count). The van der Waals surface area contributed by atoms with Crippen LogP contribution in [0.25, 0.3) is 0 Å². The van der Waals surface area contributed by atoms with Crippen LogP contribution in [0, 0.1) is 6.92 Å². The van der Waals surface area contributed by atoms with Gasteiger partial charge in [-0.05, 0) is 31.0 Å². The first-order valence-electron chi connectivity index (χ1n) is 6.12. The quantitative estimate of drug-likeness (QED) is 0.851. The molecule has 0 saturated carbocycles. The number of oxazole rings is 1. The van der Waals surface area contributed by atoms with Crippen LogP contribution in [0.15, 0.2) is 34.9 Å². The lowest BCUT2D eigenvalue weighted by molar-refractivity contribution is 0.419. The zero-order valence-electron chi connectivity index (χ0n) is 10.7. The first-order valence-corrected chi connectivity index (χ1v) is 6.12. The molecule has 0 radical (unpaired) electrons. The third-order valence-electron chi connectivity index (χ3n) is 2.87. The molecule has 1 atom stereocenters. The molecule has 1 heterocycles. The molecule has 0 amide bonds. The minimum Gasteiger partial charge on any atom is -0.508 e. The summed E-state index contributed by atoms with van der Waals surface area (Å²) in [5, 5.41) is 12.7. The van der Waals surface area contributed by atoms with Crippen molar-refractivity contribution < 1.29 is 9.52 Å². The van der Waals surface area contributed by atoms with Crippen molar-refractivity contribution in [2.75, 3.05) is 0 Å². The van der Waals surface area contributed by atoms with Crippen LogP contribution in [0.1, 0.15) is 36.6 Å². The van der Waals surface area contributed by atoms with Gasteiger partial charge in [-0.1, -0.05) is 19.1 Å². The number of nitrogens with one attached hydrogen (secondary N) is 1. The van der Waals surface area contributed by atoms with Crippen molar-refractivity contribution in [2.24, 2.45) is 0 Å². The van der Waals surface area contributed by atoms with Crippen molar-refractivity contribution in [3.63, 3.8) is 0 Å². The molecular weight excluding hydrogens is 228 g/mol. The molecule has 1 aromatic heterocycles. The average molecular weight is 246 g/mol. The van der Waals surface area contributed by atoms with Gasteiger partial charge in [0.1, 0.15) is 11.5 Å². The Hall–Kier alpha value is -1.81. The minimum atomic E-state index is 0.234. The molecule has 1 unspecified atom stereocenters. The summed E-state index contributed by atoms with van der Waals surface area (Å²) in [6.07, 6.45) is 2.68.